The van der Waals surface area contributed by atoms with Gasteiger partial charge in [0.25, 0.3) is 0 Å². The van der Waals surface area contributed by atoms with E-state index in [-0.39, 0.29) is 5.91 Å². The molecule has 1 aliphatic rings. The topological polar surface area (TPSA) is 64.4 Å². The van der Waals surface area contributed by atoms with Crippen molar-refractivity contribution in [3.05, 3.63) is 29.3 Å². The number of hydrogen-bond acceptors (Lipinski definition) is 3. The summed E-state index contributed by atoms with van der Waals surface area (Å²) in [5.41, 5.74) is 8.32. The van der Waals surface area contributed by atoms with Gasteiger partial charge in [-0.3, -0.25) is 4.79 Å². The van der Waals surface area contributed by atoms with E-state index in [0.717, 1.165) is 16.8 Å². The van der Waals surface area contributed by atoms with Crippen molar-refractivity contribution in [2.24, 2.45) is 11.1 Å². The summed E-state index contributed by atoms with van der Waals surface area (Å²) in [6.07, 6.45) is 0. The molecule has 104 valence electrons. The lowest BCUT2D eigenvalue weighted by Gasteiger charge is -2.39. The zero-order valence-electron chi connectivity index (χ0n) is 11.8. The normalized spacial score (nSPS) is 17.1. The zero-order valence-corrected chi connectivity index (χ0v) is 11.8. The molecule has 1 amide bonds. The highest BCUT2D eigenvalue weighted by atomic mass is 16.5. The minimum absolute atomic E-state index is 0.0301. The van der Waals surface area contributed by atoms with E-state index in [2.05, 4.69) is 25.2 Å². The molecule has 1 fully saturated rings. The number of benzene rings is 1. The Kier molecular flexibility index (Phi) is 3.92. The lowest BCUT2D eigenvalue weighted by Crippen LogP contribution is -2.56. The molecule has 4 nitrogen and oxygen atoms in total. The second-order valence-electron chi connectivity index (χ2n) is 5.63. The fourth-order valence-electron chi connectivity index (χ4n) is 2.28. The van der Waals surface area contributed by atoms with E-state index in [1.165, 1.54) is 0 Å². The summed E-state index contributed by atoms with van der Waals surface area (Å²) in [7, 11) is 0. The number of aryl methyl sites for hydroxylation is 1. The minimum Gasteiger partial charge on any atom is -0.379 e. The Morgan fingerprint density at radius 2 is 2.16 bits per heavy atom. The number of nitrogens with two attached hydrogens (primary N) is 1. The van der Waals surface area contributed by atoms with Crippen LogP contribution in [0, 0.1) is 12.3 Å². The number of carbonyl (C=O) groups is 1. The summed E-state index contributed by atoms with van der Waals surface area (Å²) in [6, 6.07) is 6.08. The van der Waals surface area contributed by atoms with Gasteiger partial charge in [0.05, 0.1) is 13.2 Å². The molecule has 0 spiro atoms. The van der Waals surface area contributed by atoms with Crippen LogP contribution in [0.1, 0.15) is 30.9 Å². The molecular formula is C15H22N2O2. The van der Waals surface area contributed by atoms with Gasteiger partial charge in [-0.15, -0.1) is 0 Å². The molecule has 3 N–H and O–H groups in total. The van der Waals surface area contributed by atoms with Crippen LogP contribution in [0.5, 0.6) is 0 Å². The second-order valence-corrected chi connectivity index (χ2v) is 5.63. The van der Waals surface area contributed by atoms with Crippen LogP contribution >= 0.6 is 0 Å². The maximum Gasteiger partial charge on any atom is 0.236 e. The number of rotatable bonds is 4. The lowest BCUT2D eigenvalue weighted by molar-refractivity contribution is -0.153. The van der Waals surface area contributed by atoms with Gasteiger partial charge in [0.2, 0.25) is 5.91 Å². The van der Waals surface area contributed by atoms with Gasteiger partial charge < -0.3 is 15.8 Å². The average molecular weight is 262 g/mol. The molecule has 19 heavy (non-hydrogen) atoms. The van der Waals surface area contributed by atoms with Gasteiger partial charge >= 0.3 is 0 Å². The van der Waals surface area contributed by atoms with Crippen LogP contribution in [0.3, 0.4) is 0 Å². The highest BCUT2D eigenvalue weighted by Gasteiger charge is 2.45. The second kappa shape index (κ2) is 5.31. The SMILES string of the molecule is Cc1cccc(C(C)C)c1NC(=O)C1(CN)COC1. The first-order valence-electron chi connectivity index (χ1n) is 6.69. The monoisotopic (exact) mass is 262 g/mol. The molecule has 1 aromatic carbocycles. The number of nitrogens with one attached hydrogen (secondary N) is 1. The van der Waals surface area contributed by atoms with Gasteiger partial charge in [0.15, 0.2) is 0 Å². The maximum absolute atomic E-state index is 12.4. The van der Waals surface area contributed by atoms with E-state index >= 15 is 0 Å². The van der Waals surface area contributed by atoms with Gasteiger partial charge in [-0.05, 0) is 24.0 Å². The first-order valence-corrected chi connectivity index (χ1v) is 6.69. The summed E-state index contributed by atoms with van der Waals surface area (Å²) in [4.78, 5) is 12.4. The molecule has 0 aromatic heterocycles. The number of hydrogen-bond donors (Lipinski definition) is 2. The molecule has 4 heteroatoms. The third kappa shape index (κ3) is 2.51. The van der Waals surface area contributed by atoms with E-state index in [1.807, 2.05) is 19.1 Å². The highest BCUT2D eigenvalue weighted by Crippen LogP contribution is 2.32. The van der Waals surface area contributed by atoms with Crippen molar-refractivity contribution in [3.8, 4) is 0 Å². The van der Waals surface area contributed by atoms with Gasteiger partial charge in [-0.25, -0.2) is 0 Å². The van der Waals surface area contributed by atoms with Crippen LogP contribution in [-0.2, 0) is 9.53 Å². The predicted octanol–water partition coefficient (Wildman–Crippen LogP) is 2.03. The standard InChI is InChI=1S/C15H22N2O2/c1-10(2)12-6-4-5-11(3)13(12)17-14(18)15(7-16)8-19-9-15/h4-6,10H,7-9,16H2,1-3H3,(H,17,18). The fourth-order valence-corrected chi connectivity index (χ4v) is 2.28. The van der Waals surface area contributed by atoms with Gasteiger partial charge in [0, 0.05) is 12.2 Å². The summed E-state index contributed by atoms with van der Waals surface area (Å²) in [5, 5.41) is 3.05. The quantitative estimate of drug-likeness (QED) is 0.872. The summed E-state index contributed by atoms with van der Waals surface area (Å²) < 4.78 is 5.16. The summed E-state index contributed by atoms with van der Waals surface area (Å²) >= 11 is 0. The average Bonchev–Trinajstić information content (AvgIpc) is 2.30. The molecule has 1 aliphatic heterocycles. The zero-order chi connectivity index (χ0) is 14.0. The highest BCUT2D eigenvalue weighted by molar-refractivity contribution is 5.97. The molecular weight excluding hydrogens is 240 g/mol. The number of anilines is 1. The smallest absolute Gasteiger partial charge is 0.236 e. The van der Waals surface area contributed by atoms with E-state index in [1.54, 1.807) is 0 Å². The predicted molar refractivity (Wildman–Crippen MR) is 76.2 cm³/mol. The third-order valence-electron chi connectivity index (χ3n) is 3.79. The molecule has 0 aliphatic carbocycles. The lowest BCUT2D eigenvalue weighted by atomic mass is 9.84. The molecule has 0 bridgehead atoms. The molecule has 1 saturated heterocycles. The van der Waals surface area contributed by atoms with Gasteiger partial charge in [-0.2, -0.15) is 0 Å². The van der Waals surface area contributed by atoms with E-state index in [9.17, 15) is 4.79 Å². The number of para-hydroxylation sites is 1. The summed E-state index contributed by atoms with van der Waals surface area (Å²) in [6.45, 7) is 7.40. The van der Waals surface area contributed by atoms with Crippen molar-refractivity contribution in [1.82, 2.24) is 0 Å². The Labute approximate surface area is 114 Å². The first-order chi connectivity index (χ1) is 9.00. The van der Waals surface area contributed by atoms with Crippen LogP contribution in [0.4, 0.5) is 5.69 Å². The molecule has 0 saturated carbocycles. The Morgan fingerprint density at radius 3 is 2.63 bits per heavy atom. The molecule has 0 atom stereocenters. The minimum atomic E-state index is -0.545. The molecule has 2 rings (SSSR count). The van der Waals surface area contributed by atoms with Gasteiger partial charge in [-0.1, -0.05) is 32.0 Å². The Morgan fingerprint density at radius 1 is 1.47 bits per heavy atom. The number of ether oxygens (including phenoxy) is 1. The number of amides is 1. The van der Waals surface area contributed by atoms with Crippen molar-refractivity contribution in [2.75, 3.05) is 25.1 Å². The van der Waals surface area contributed by atoms with Crippen molar-refractivity contribution >= 4 is 11.6 Å². The first kappa shape index (κ1) is 14.0. The number of carbonyl (C=O) groups excluding carboxylic acids is 1. The maximum atomic E-state index is 12.4. The van der Waals surface area contributed by atoms with Crippen LogP contribution in [-0.4, -0.2) is 25.7 Å². The van der Waals surface area contributed by atoms with Crippen molar-refractivity contribution in [2.45, 2.75) is 26.7 Å². The van der Waals surface area contributed by atoms with Crippen molar-refractivity contribution in [3.63, 3.8) is 0 Å². The van der Waals surface area contributed by atoms with Crippen LogP contribution in [0.2, 0.25) is 0 Å². The molecule has 0 radical (unpaired) electrons. The van der Waals surface area contributed by atoms with Crippen LogP contribution < -0.4 is 11.1 Å². The summed E-state index contributed by atoms with van der Waals surface area (Å²) in [5.74, 6) is 0.333. The van der Waals surface area contributed by atoms with E-state index < -0.39 is 5.41 Å². The van der Waals surface area contributed by atoms with Crippen LogP contribution in [0.15, 0.2) is 18.2 Å². The Hall–Kier alpha value is -1.39. The fraction of sp³-hybridized carbons (Fsp3) is 0.533. The van der Waals surface area contributed by atoms with Crippen molar-refractivity contribution in [1.29, 1.82) is 0 Å². The van der Waals surface area contributed by atoms with E-state index in [0.29, 0.717) is 25.7 Å². The Bertz CT molecular complexity index is 474. The van der Waals surface area contributed by atoms with Gasteiger partial charge in [0.1, 0.15) is 5.41 Å². The third-order valence-corrected chi connectivity index (χ3v) is 3.79. The largest absolute Gasteiger partial charge is 0.379 e. The van der Waals surface area contributed by atoms with E-state index in [4.69, 9.17) is 10.5 Å². The molecule has 1 heterocycles. The van der Waals surface area contributed by atoms with Crippen LogP contribution in [0.25, 0.3) is 0 Å². The molecule has 1 aromatic rings. The molecule has 0 unspecified atom stereocenters. The Balaban J connectivity index is 2.26. The van der Waals surface area contributed by atoms with Crippen molar-refractivity contribution < 1.29 is 9.53 Å².